The highest BCUT2D eigenvalue weighted by molar-refractivity contribution is 5.39. The predicted octanol–water partition coefficient (Wildman–Crippen LogP) is 4.71. The molecule has 21 heavy (non-hydrogen) atoms. The van der Waals surface area contributed by atoms with Gasteiger partial charge in [0.2, 0.25) is 0 Å². The highest BCUT2D eigenvalue weighted by Crippen LogP contribution is 2.28. The summed E-state index contributed by atoms with van der Waals surface area (Å²) < 4.78 is 19.6. The molecule has 3 heteroatoms. The first-order valence-electron chi connectivity index (χ1n) is 6.93. The average Bonchev–Trinajstić information content (AvgIpc) is 2.45. The number of nitrogens with zero attached hydrogens (tertiary/aromatic N) is 1. The summed E-state index contributed by atoms with van der Waals surface area (Å²) in [5.74, 6) is 0.716. The van der Waals surface area contributed by atoms with E-state index in [1.807, 2.05) is 31.2 Å². The van der Waals surface area contributed by atoms with Crippen molar-refractivity contribution in [2.75, 3.05) is 0 Å². The second-order valence-electron chi connectivity index (χ2n) is 5.40. The smallest absolute Gasteiger partial charge is 0.131 e. The Morgan fingerprint density at radius 3 is 2.57 bits per heavy atom. The summed E-state index contributed by atoms with van der Waals surface area (Å²) in [4.78, 5) is 0. The van der Waals surface area contributed by atoms with E-state index >= 15 is 0 Å². The van der Waals surface area contributed by atoms with Crippen molar-refractivity contribution >= 4 is 0 Å². The van der Waals surface area contributed by atoms with Crippen LogP contribution in [0.4, 0.5) is 4.39 Å². The maximum absolute atomic E-state index is 13.8. The summed E-state index contributed by atoms with van der Waals surface area (Å²) in [6.45, 7) is 6.35. The van der Waals surface area contributed by atoms with Gasteiger partial charge in [-0.25, -0.2) is 4.39 Å². The molecule has 0 aliphatic heterocycles. The van der Waals surface area contributed by atoms with Gasteiger partial charge in [0.05, 0.1) is 11.6 Å². The third kappa shape index (κ3) is 3.61. The number of nitriles is 1. The van der Waals surface area contributed by atoms with Gasteiger partial charge in [-0.3, -0.25) is 0 Å². The van der Waals surface area contributed by atoms with E-state index in [1.165, 1.54) is 6.07 Å². The van der Waals surface area contributed by atoms with Crippen LogP contribution >= 0.6 is 0 Å². The number of rotatable bonds is 4. The molecule has 0 unspecified atom stereocenters. The molecule has 0 aromatic heterocycles. The second kappa shape index (κ2) is 6.41. The van der Waals surface area contributed by atoms with Crippen molar-refractivity contribution in [1.29, 1.82) is 5.26 Å². The molecule has 2 nitrogen and oxygen atoms in total. The van der Waals surface area contributed by atoms with Gasteiger partial charge in [-0.2, -0.15) is 5.26 Å². The molecule has 2 aromatic carbocycles. The van der Waals surface area contributed by atoms with Crippen LogP contribution in [-0.4, -0.2) is 0 Å². The fourth-order valence-corrected chi connectivity index (χ4v) is 2.13. The van der Waals surface area contributed by atoms with E-state index in [4.69, 9.17) is 10.00 Å². The minimum Gasteiger partial charge on any atom is -0.488 e. The van der Waals surface area contributed by atoms with E-state index in [0.717, 1.165) is 16.9 Å². The van der Waals surface area contributed by atoms with Crippen LogP contribution in [0, 0.1) is 24.1 Å². The van der Waals surface area contributed by atoms with Crippen LogP contribution in [-0.2, 0) is 6.61 Å². The molecule has 0 heterocycles. The summed E-state index contributed by atoms with van der Waals surface area (Å²) in [5.41, 5.74) is 2.98. The molecular weight excluding hydrogens is 265 g/mol. The Hall–Kier alpha value is -2.34. The first-order chi connectivity index (χ1) is 10.0. The molecule has 0 aliphatic carbocycles. The second-order valence-corrected chi connectivity index (χ2v) is 5.40. The minimum atomic E-state index is -0.409. The lowest BCUT2D eigenvalue weighted by atomic mass is 10.0. The Morgan fingerprint density at radius 1 is 1.19 bits per heavy atom. The molecule has 0 amide bonds. The lowest BCUT2D eigenvalue weighted by Crippen LogP contribution is -2.02. The van der Waals surface area contributed by atoms with Crippen LogP contribution in [0.2, 0.25) is 0 Å². The van der Waals surface area contributed by atoms with Gasteiger partial charge in [0, 0.05) is 5.56 Å². The largest absolute Gasteiger partial charge is 0.488 e. The SMILES string of the molecule is Cc1ccc(C(C)C)c(OCc2ccc(C#N)cc2F)c1. The van der Waals surface area contributed by atoms with Crippen LogP contribution in [0.25, 0.3) is 0 Å². The Kier molecular flexibility index (Phi) is 4.59. The molecule has 0 atom stereocenters. The van der Waals surface area contributed by atoms with Gasteiger partial charge in [-0.05, 0) is 42.2 Å². The molecule has 108 valence electrons. The zero-order valence-electron chi connectivity index (χ0n) is 12.5. The van der Waals surface area contributed by atoms with Crippen molar-refractivity contribution in [3.63, 3.8) is 0 Å². The first-order valence-corrected chi connectivity index (χ1v) is 6.93. The fraction of sp³-hybridized carbons (Fsp3) is 0.278. The zero-order valence-corrected chi connectivity index (χ0v) is 12.5. The van der Waals surface area contributed by atoms with Crippen molar-refractivity contribution in [1.82, 2.24) is 0 Å². The standard InChI is InChI=1S/C18H18FNO/c1-12(2)16-7-4-13(3)8-18(16)21-11-15-6-5-14(10-20)9-17(15)19/h4-9,12H,11H2,1-3H3. The van der Waals surface area contributed by atoms with E-state index in [2.05, 4.69) is 13.8 Å². The molecule has 2 rings (SSSR count). The number of aryl methyl sites for hydroxylation is 1. The van der Waals surface area contributed by atoms with Crippen LogP contribution in [0.5, 0.6) is 5.75 Å². The lowest BCUT2D eigenvalue weighted by Gasteiger charge is -2.15. The van der Waals surface area contributed by atoms with Crippen LogP contribution in [0.15, 0.2) is 36.4 Å². The van der Waals surface area contributed by atoms with E-state index in [0.29, 0.717) is 17.0 Å². The zero-order chi connectivity index (χ0) is 15.4. The van der Waals surface area contributed by atoms with Crippen LogP contribution in [0.3, 0.4) is 0 Å². The van der Waals surface area contributed by atoms with Crippen LogP contribution < -0.4 is 4.74 Å². The van der Waals surface area contributed by atoms with Crippen molar-refractivity contribution in [3.8, 4) is 11.8 Å². The highest BCUT2D eigenvalue weighted by atomic mass is 19.1. The van der Waals surface area contributed by atoms with Crippen molar-refractivity contribution < 1.29 is 9.13 Å². The van der Waals surface area contributed by atoms with Crippen molar-refractivity contribution in [3.05, 3.63) is 64.5 Å². The maximum atomic E-state index is 13.8. The Labute approximate surface area is 124 Å². The molecule has 2 aromatic rings. The first kappa shape index (κ1) is 15.1. The molecular formula is C18H18FNO. The van der Waals surface area contributed by atoms with E-state index in [9.17, 15) is 4.39 Å². The molecule has 0 bridgehead atoms. The van der Waals surface area contributed by atoms with E-state index < -0.39 is 5.82 Å². The molecule has 0 radical (unpaired) electrons. The van der Waals surface area contributed by atoms with Gasteiger partial charge in [0.15, 0.2) is 0 Å². The van der Waals surface area contributed by atoms with E-state index in [-0.39, 0.29) is 6.61 Å². The molecule has 0 aliphatic rings. The van der Waals surface area contributed by atoms with Gasteiger partial charge in [0.25, 0.3) is 0 Å². The van der Waals surface area contributed by atoms with Gasteiger partial charge in [-0.1, -0.05) is 32.0 Å². The number of halogens is 1. The number of benzene rings is 2. The summed E-state index contributed by atoms with van der Waals surface area (Å²) >= 11 is 0. The summed E-state index contributed by atoms with van der Waals surface area (Å²) in [6.07, 6.45) is 0. The predicted molar refractivity (Wildman–Crippen MR) is 80.7 cm³/mol. The minimum absolute atomic E-state index is 0.153. The molecule has 0 saturated carbocycles. The molecule has 0 fully saturated rings. The van der Waals surface area contributed by atoms with Crippen molar-refractivity contribution in [2.24, 2.45) is 0 Å². The van der Waals surface area contributed by atoms with E-state index in [1.54, 1.807) is 12.1 Å². The molecule has 0 N–H and O–H groups in total. The summed E-state index contributed by atoms with van der Waals surface area (Å²) in [5, 5.41) is 8.74. The Morgan fingerprint density at radius 2 is 1.95 bits per heavy atom. The van der Waals surface area contributed by atoms with Crippen molar-refractivity contribution in [2.45, 2.75) is 33.3 Å². The van der Waals surface area contributed by atoms with Crippen LogP contribution in [0.1, 0.15) is 42.0 Å². The number of ether oxygens (including phenoxy) is 1. The van der Waals surface area contributed by atoms with Gasteiger partial charge in [-0.15, -0.1) is 0 Å². The monoisotopic (exact) mass is 283 g/mol. The normalized spacial score (nSPS) is 10.5. The van der Waals surface area contributed by atoms with Gasteiger partial charge >= 0.3 is 0 Å². The Bertz CT molecular complexity index is 686. The summed E-state index contributed by atoms with van der Waals surface area (Å²) in [7, 11) is 0. The molecule has 0 saturated heterocycles. The summed E-state index contributed by atoms with van der Waals surface area (Å²) in [6, 6.07) is 12.4. The quantitative estimate of drug-likeness (QED) is 0.814. The number of hydrogen-bond donors (Lipinski definition) is 0. The molecule has 0 spiro atoms. The average molecular weight is 283 g/mol. The Balaban J connectivity index is 2.20. The maximum Gasteiger partial charge on any atom is 0.131 e. The topological polar surface area (TPSA) is 33.0 Å². The van der Waals surface area contributed by atoms with Gasteiger partial charge in [0.1, 0.15) is 18.2 Å². The third-order valence-corrected chi connectivity index (χ3v) is 3.36. The third-order valence-electron chi connectivity index (χ3n) is 3.36. The fourth-order valence-electron chi connectivity index (χ4n) is 2.13. The number of hydrogen-bond acceptors (Lipinski definition) is 2. The van der Waals surface area contributed by atoms with Gasteiger partial charge < -0.3 is 4.74 Å². The lowest BCUT2D eigenvalue weighted by molar-refractivity contribution is 0.295. The highest BCUT2D eigenvalue weighted by Gasteiger charge is 2.10.